The smallest absolute Gasteiger partial charge is 0.127 e. The van der Waals surface area contributed by atoms with Gasteiger partial charge in [-0.1, -0.05) is 0 Å². The molecular weight excluding hydrogens is 240 g/mol. The van der Waals surface area contributed by atoms with E-state index in [0.29, 0.717) is 6.54 Å². The largest absolute Gasteiger partial charge is 0.497 e. The fourth-order valence-corrected chi connectivity index (χ4v) is 1.86. The molecule has 19 heavy (non-hydrogen) atoms. The molecular formula is C15H18N2O2. The summed E-state index contributed by atoms with van der Waals surface area (Å²) in [4.78, 5) is 4.08. The Bertz CT molecular complexity index is 556. The number of methoxy groups -OCH3 is 2. The first kappa shape index (κ1) is 13.2. The van der Waals surface area contributed by atoms with Gasteiger partial charge in [-0.05, 0) is 30.7 Å². The van der Waals surface area contributed by atoms with Gasteiger partial charge in [0, 0.05) is 36.3 Å². The Labute approximate surface area is 113 Å². The third-order valence-electron chi connectivity index (χ3n) is 2.98. The normalized spacial score (nSPS) is 10.1. The molecule has 0 aliphatic rings. The first-order chi connectivity index (χ1) is 9.24. The highest BCUT2D eigenvalue weighted by Gasteiger charge is 2.05. The van der Waals surface area contributed by atoms with Crippen LogP contribution in [0.25, 0.3) is 0 Å². The molecule has 0 atom stereocenters. The Morgan fingerprint density at radius 1 is 1.16 bits per heavy atom. The molecule has 100 valence electrons. The Balaban J connectivity index is 2.13. The SMILES string of the molecule is COc1ccc(CNc2ccncc2C)c(OC)c1. The Kier molecular flexibility index (Phi) is 4.23. The topological polar surface area (TPSA) is 43.4 Å². The lowest BCUT2D eigenvalue weighted by Crippen LogP contribution is -2.03. The van der Waals surface area contributed by atoms with Crippen molar-refractivity contribution in [2.75, 3.05) is 19.5 Å². The summed E-state index contributed by atoms with van der Waals surface area (Å²) in [5.74, 6) is 1.61. The number of hydrogen-bond donors (Lipinski definition) is 1. The highest BCUT2D eigenvalue weighted by atomic mass is 16.5. The zero-order chi connectivity index (χ0) is 13.7. The first-order valence-corrected chi connectivity index (χ1v) is 6.10. The zero-order valence-corrected chi connectivity index (χ0v) is 11.4. The van der Waals surface area contributed by atoms with Crippen LogP contribution in [0.4, 0.5) is 5.69 Å². The van der Waals surface area contributed by atoms with Crippen molar-refractivity contribution in [2.45, 2.75) is 13.5 Å². The van der Waals surface area contributed by atoms with Crippen molar-refractivity contribution in [1.29, 1.82) is 0 Å². The summed E-state index contributed by atoms with van der Waals surface area (Å²) in [5, 5.41) is 3.38. The predicted octanol–water partition coefficient (Wildman–Crippen LogP) is 3.02. The molecule has 0 aliphatic heterocycles. The van der Waals surface area contributed by atoms with Gasteiger partial charge < -0.3 is 14.8 Å². The van der Waals surface area contributed by atoms with E-state index in [0.717, 1.165) is 28.3 Å². The van der Waals surface area contributed by atoms with E-state index in [1.165, 1.54) is 0 Å². The number of pyridine rings is 1. The van der Waals surface area contributed by atoms with Crippen molar-refractivity contribution in [3.8, 4) is 11.5 Å². The molecule has 0 spiro atoms. The molecule has 0 amide bonds. The van der Waals surface area contributed by atoms with Gasteiger partial charge in [0.1, 0.15) is 11.5 Å². The number of benzene rings is 1. The molecule has 1 aromatic carbocycles. The van der Waals surface area contributed by atoms with Gasteiger partial charge in [-0.3, -0.25) is 4.98 Å². The second-order valence-electron chi connectivity index (χ2n) is 4.22. The lowest BCUT2D eigenvalue weighted by molar-refractivity contribution is 0.391. The number of ether oxygens (including phenoxy) is 2. The van der Waals surface area contributed by atoms with E-state index in [2.05, 4.69) is 10.3 Å². The minimum atomic E-state index is 0.692. The molecule has 0 radical (unpaired) electrons. The Morgan fingerprint density at radius 2 is 2.00 bits per heavy atom. The number of aromatic nitrogens is 1. The monoisotopic (exact) mass is 258 g/mol. The van der Waals surface area contributed by atoms with Gasteiger partial charge >= 0.3 is 0 Å². The van der Waals surface area contributed by atoms with Crippen LogP contribution in [0.2, 0.25) is 0 Å². The van der Waals surface area contributed by atoms with Crippen molar-refractivity contribution in [3.63, 3.8) is 0 Å². The summed E-state index contributed by atoms with van der Waals surface area (Å²) >= 11 is 0. The summed E-state index contributed by atoms with van der Waals surface area (Å²) in [6.07, 6.45) is 3.62. The van der Waals surface area contributed by atoms with Crippen LogP contribution in [-0.4, -0.2) is 19.2 Å². The van der Waals surface area contributed by atoms with Crippen LogP contribution in [0.3, 0.4) is 0 Å². The molecule has 4 nitrogen and oxygen atoms in total. The van der Waals surface area contributed by atoms with Crippen molar-refractivity contribution >= 4 is 5.69 Å². The van der Waals surface area contributed by atoms with E-state index in [1.54, 1.807) is 20.4 Å². The van der Waals surface area contributed by atoms with Gasteiger partial charge in [0.15, 0.2) is 0 Å². The van der Waals surface area contributed by atoms with Gasteiger partial charge in [-0.15, -0.1) is 0 Å². The van der Waals surface area contributed by atoms with Crippen molar-refractivity contribution in [2.24, 2.45) is 0 Å². The number of rotatable bonds is 5. The Hall–Kier alpha value is -2.23. The molecule has 0 unspecified atom stereocenters. The van der Waals surface area contributed by atoms with E-state index >= 15 is 0 Å². The molecule has 0 saturated heterocycles. The maximum atomic E-state index is 5.37. The molecule has 0 saturated carbocycles. The van der Waals surface area contributed by atoms with Gasteiger partial charge in [0.25, 0.3) is 0 Å². The van der Waals surface area contributed by atoms with Crippen LogP contribution in [-0.2, 0) is 6.54 Å². The molecule has 2 rings (SSSR count). The third-order valence-corrected chi connectivity index (χ3v) is 2.98. The van der Waals surface area contributed by atoms with Crippen LogP contribution in [0.1, 0.15) is 11.1 Å². The lowest BCUT2D eigenvalue weighted by atomic mass is 10.1. The van der Waals surface area contributed by atoms with E-state index < -0.39 is 0 Å². The quantitative estimate of drug-likeness (QED) is 0.895. The second-order valence-corrected chi connectivity index (χ2v) is 4.22. The molecule has 1 aromatic heterocycles. The minimum absolute atomic E-state index is 0.692. The summed E-state index contributed by atoms with van der Waals surface area (Å²) < 4.78 is 10.6. The van der Waals surface area contributed by atoms with Crippen molar-refractivity contribution in [1.82, 2.24) is 4.98 Å². The fourth-order valence-electron chi connectivity index (χ4n) is 1.86. The van der Waals surface area contributed by atoms with Gasteiger partial charge in [0.2, 0.25) is 0 Å². The van der Waals surface area contributed by atoms with Crippen LogP contribution < -0.4 is 14.8 Å². The van der Waals surface area contributed by atoms with Crippen LogP contribution in [0.5, 0.6) is 11.5 Å². The van der Waals surface area contributed by atoms with Gasteiger partial charge in [-0.2, -0.15) is 0 Å². The minimum Gasteiger partial charge on any atom is -0.497 e. The van der Waals surface area contributed by atoms with E-state index in [4.69, 9.17) is 9.47 Å². The van der Waals surface area contributed by atoms with Gasteiger partial charge in [0.05, 0.1) is 14.2 Å². The molecule has 0 fully saturated rings. The summed E-state index contributed by atoms with van der Waals surface area (Å²) in [6, 6.07) is 7.78. The molecule has 1 heterocycles. The van der Waals surface area contributed by atoms with Crippen molar-refractivity contribution < 1.29 is 9.47 Å². The van der Waals surface area contributed by atoms with E-state index in [1.807, 2.05) is 37.4 Å². The molecule has 4 heteroatoms. The number of anilines is 1. The number of aryl methyl sites for hydroxylation is 1. The predicted molar refractivity (Wildman–Crippen MR) is 75.8 cm³/mol. The standard InChI is InChI=1S/C15H18N2O2/c1-11-9-16-7-6-14(11)17-10-12-4-5-13(18-2)8-15(12)19-3/h4-9H,10H2,1-3H3,(H,16,17). The van der Waals surface area contributed by atoms with E-state index in [-0.39, 0.29) is 0 Å². The van der Waals surface area contributed by atoms with Crippen LogP contribution in [0.15, 0.2) is 36.7 Å². The molecule has 2 aromatic rings. The maximum absolute atomic E-state index is 5.37. The Morgan fingerprint density at radius 3 is 2.68 bits per heavy atom. The number of hydrogen-bond acceptors (Lipinski definition) is 4. The fraction of sp³-hybridized carbons (Fsp3) is 0.267. The average molecular weight is 258 g/mol. The summed E-state index contributed by atoms with van der Waals surface area (Å²) in [5.41, 5.74) is 3.28. The van der Waals surface area contributed by atoms with Crippen LogP contribution >= 0.6 is 0 Å². The number of nitrogens with zero attached hydrogens (tertiary/aromatic N) is 1. The lowest BCUT2D eigenvalue weighted by Gasteiger charge is -2.13. The van der Waals surface area contributed by atoms with Gasteiger partial charge in [-0.25, -0.2) is 0 Å². The number of nitrogens with one attached hydrogen (secondary N) is 1. The first-order valence-electron chi connectivity index (χ1n) is 6.10. The molecule has 0 aliphatic carbocycles. The second kappa shape index (κ2) is 6.09. The maximum Gasteiger partial charge on any atom is 0.127 e. The van der Waals surface area contributed by atoms with Crippen molar-refractivity contribution in [3.05, 3.63) is 47.8 Å². The highest BCUT2D eigenvalue weighted by Crippen LogP contribution is 2.25. The summed E-state index contributed by atoms with van der Waals surface area (Å²) in [6.45, 7) is 2.72. The molecule has 0 bridgehead atoms. The van der Waals surface area contributed by atoms with E-state index in [9.17, 15) is 0 Å². The average Bonchev–Trinajstić information content (AvgIpc) is 2.46. The zero-order valence-electron chi connectivity index (χ0n) is 11.4. The molecule has 1 N–H and O–H groups in total. The summed E-state index contributed by atoms with van der Waals surface area (Å²) in [7, 11) is 3.31. The third kappa shape index (κ3) is 3.16. The van der Waals surface area contributed by atoms with Crippen LogP contribution in [0, 0.1) is 6.92 Å². The highest BCUT2D eigenvalue weighted by molar-refractivity contribution is 5.50.